The van der Waals surface area contributed by atoms with Gasteiger partial charge in [0, 0.05) is 20.2 Å². The Bertz CT molecular complexity index is 300. The van der Waals surface area contributed by atoms with Gasteiger partial charge in [-0.05, 0) is 11.8 Å². The van der Waals surface area contributed by atoms with Crippen molar-refractivity contribution in [2.45, 2.75) is 27.2 Å². The highest BCUT2D eigenvalue weighted by molar-refractivity contribution is 5.83. The lowest BCUT2D eigenvalue weighted by Gasteiger charge is -2.29. The third-order valence-corrected chi connectivity index (χ3v) is 2.70. The van der Waals surface area contributed by atoms with Gasteiger partial charge in [-0.15, -0.1) is 0 Å². The minimum Gasteiger partial charge on any atom is -0.480 e. The van der Waals surface area contributed by atoms with Crippen LogP contribution in [-0.2, 0) is 14.3 Å². The Morgan fingerprint density at radius 1 is 1.37 bits per heavy atom. The first-order valence-electron chi connectivity index (χ1n) is 6.41. The molecule has 1 atom stereocenters. The molecule has 1 unspecified atom stereocenters. The Hall–Kier alpha value is -1.14. The molecule has 6 heteroatoms. The lowest BCUT2D eigenvalue weighted by Crippen LogP contribution is -2.44. The molecular formula is C13H26N2O4. The zero-order chi connectivity index (χ0) is 15.1. The number of amides is 1. The van der Waals surface area contributed by atoms with E-state index in [1.807, 2.05) is 20.8 Å². The Morgan fingerprint density at radius 2 is 1.95 bits per heavy atom. The molecule has 0 radical (unpaired) electrons. The zero-order valence-corrected chi connectivity index (χ0v) is 12.3. The SMILES string of the molecule is COCCN(CC(=O)O)C(=O)C(CN)CC(C)(C)C. The lowest BCUT2D eigenvalue weighted by molar-refractivity contribution is -0.147. The molecule has 0 bridgehead atoms. The van der Waals surface area contributed by atoms with Crippen molar-refractivity contribution in [2.75, 3.05) is 33.4 Å². The second-order valence-electron chi connectivity index (χ2n) is 5.84. The van der Waals surface area contributed by atoms with Crippen LogP contribution in [0.5, 0.6) is 0 Å². The molecule has 0 heterocycles. The molecule has 0 aromatic heterocycles. The molecule has 3 N–H and O–H groups in total. The molecule has 0 aromatic carbocycles. The van der Waals surface area contributed by atoms with E-state index in [4.69, 9.17) is 15.6 Å². The minimum atomic E-state index is -1.03. The number of carbonyl (C=O) groups is 2. The predicted octanol–water partition coefficient (Wildman–Crippen LogP) is 0.557. The van der Waals surface area contributed by atoms with E-state index in [0.29, 0.717) is 13.0 Å². The van der Waals surface area contributed by atoms with Crippen molar-refractivity contribution in [2.24, 2.45) is 17.1 Å². The minimum absolute atomic E-state index is 0.0319. The van der Waals surface area contributed by atoms with Crippen molar-refractivity contribution in [3.8, 4) is 0 Å². The van der Waals surface area contributed by atoms with Crippen LogP contribution in [0, 0.1) is 11.3 Å². The average molecular weight is 274 g/mol. The van der Waals surface area contributed by atoms with Crippen molar-refractivity contribution in [1.29, 1.82) is 0 Å². The summed E-state index contributed by atoms with van der Waals surface area (Å²) in [6.07, 6.45) is 0.630. The molecule has 19 heavy (non-hydrogen) atoms. The Balaban J connectivity index is 4.76. The quantitative estimate of drug-likeness (QED) is 0.674. The van der Waals surface area contributed by atoms with Crippen LogP contribution in [0.4, 0.5) is 0 Å². The number of aliphatic carboxylic acids is 1. The van der Waals surface area contributed by atoms with E-state index < -0.39 is 5.97 Å². The second-order valence-corrected chi connectivity index (χ2v) is 5.84. The van der Waals surface area contributed by atoms with E-state index in [9.17, 15) is 9.59 Å². The van der Waals surface area contributed by atoms with E-state index in [1.54, 1.807) is 0 Å². The molecule has 6 nitrogen and oxygen atoms in total. The number of nitrogens with zero attached hydrogens (tertiary/aromatic N) is 1. The molecule has 0 aliphatic heterocycles. The summed E-state index contributed by atoms with van der Waals surface area (Å²) in [5.74, 6) is -1.59. The van der Waals surface area contributed by atoms with Crippen molar-refractivity contribution >= 4 is 11.9 Å². The first kappa shape index (κ1) is 17.9. The van der Waals surface area contributed by atoms with Gasteiger partial charge in [0.15, 0.2) is 0 Å². The molecule has 0 aromatic rings. The normalized spacial score (nSPS) is 13.1. The Morgan fingerprint density at radius 3 is 2.32 bits per heavy atom. The fourth-order valence-electron chi connectivity index (χ4n) is 1.90. The maximum absolute atomic E-state index is 12.3. The second kappa shape index (κ2) is 8.12. The molecule has 0 rings (SSSR count). The molecule has 0 aliphatic carbocycles. The van der Waals surface area contributed by atoms with Gasteiger partial charge in [-0.2, -0.15) is 0 Å². The largest absolute Gasteiger partial charge is 0.480 e. The van der Waals surface area contributed by atoms with Crippen LogP contribution in [0.2, 0.25) is 0 Å². The van der Waals surface area contributed by atoms with E-state index in [2.05, 4.69) is 0 Å². The van der Waals surface area contributed by atoms with E-state index >= 15 is 0 Å². The van der Waals surface area contributed by atoms with Crippen LogP contribution < -0.4 is 5.73 Å². The molecule has 0 fully saturated rings. The van der Waals surface area contributed by atoms with E-state index in [-0.39, 0.29) is 36.9 Å². The molecule has 0 aliphatic rings. The highest BCUT2D eigenvalue weighted by Gasteiger charge is 2.28. The number of rotatable bonds is 8. The summed E-state index contributed by atoms with van der Waals surface area (Å²) >= 11 is 0. The number of carbonyl (C=O) groups excluding carboxylic acids is 1. The fraction of sp³-hybridized carbons (Fsp3) is 0.846. The van der Waals surface area contributed by atoms with Crippen LogP contribution in [0.1, 0.15) is 27.2 Å². The lowest BCUT2D eigenvalue weighted by atomic mass is 9.84. The number of ether oxygens (including phenoxy) is 1. The number of methoxy groups -OCH3 is 1. The Labute approximate surface area is 114 Å². The third-order valence-electron chi connectivity index (χ3n) is 2.70. The summed E-state index contributed by atoms with van der Waals surface area (Å²) in [7, 11) is 1.51. The molecule has 0 spiro atoms. The first-order chi connectivity index (χ1) is 8.71. The molecule has 0 saturated heterocycles. The topological polar surface area (TPSA) is 92.9 Å². The monoisotopic (exact) mass is 274 g/mol. The summed E-state index contributed by atoms with van der Waals surface area (Å²) in [5.41, 5.74) is 5.62. The van der Waals surface area contributed by atoms with E-state index in [0.717, 1.165) is 0 Å². The van der Waals surface area contributed by atoms with Crippen molar-refractivity contribution in [3.63, 3.8) is 0 Å². The predicted molar refractivity (Wildman–Crippen MR) is 72.7 cm³/mol. The number of hydrogen-bond donors (Lipinski definition) is 2. The highest BCUT2D eigenvalue weighted by atomic mass is 16.5. The molecular weight excluding hydrogens is 248 g/mol. The number of carboxylic acid groups (broad SMARTS) is 1. The van der Waals surface area contributed by atoms with Gasteiger partial charge in [-0.3, -0.25) is 9.59 Å². The van der Waals surface area contributed by atoms with Crippen LogP contribution in [0.25, 0.3) is 0 Å². The van der Waals surface area contributed by atoms with E-state index in [1.165, 1.54) is 12.0 Å². The van der Waals surface area contributed by atoms with Gasteiger partial charge in [0.25, 0.3) is 0 Å². The molecule has 0 saturated carbocycles. The molecule has 1 amide bonds. The van der Waals surface area contributed by atoms with Gasteiger partial charge in [0.2, 0.25) is 5.91 Å². The van der Waals surface area contributed by atoms with Gasteiger partial charge in [-0.25, -0.2) is 0 Å². The maximum Gasteiger partial charge on any atom is 0.323 e. The molecule has 112 valence electrons. The summed E-state index contributed by atoms with van der Waals surface area (Å²) in [4.78, 5) is 24.4. The standard InChI is InChI=1S/C13H26N2O4/c1-13(2,3)7-10(8-14)12(18)15(5-6-19-4)9-11(16)17/h10H,5-9,14H2,1-4H3,(H,16,17). The van der Waals surface area contributed by atoms with Gasteiger partial charge < -0.3 is 20.5 Å². The fourth-order valence-corrected chi connectivity index (χ4v) is 1.90. The van der Waals surface area contributed by atoms with Crippen molar-refractivity contribution in [1.82, 2.24) is 4.90 Å². The van der Waals surface area contributed by atoms with Gasteiger partial charge in [-0.1, -0.05) is 20.8 Å². The maximum atomic E-state index is 12.3. The van der Waals surface area contributed by atoms with Gasteiger partial charge in [0.05, 0.1) is 12.5 Å². The smallest absolute Gasteiger partial charge is 0.323 e. The summed E-state index contributed by atoms with van der Waals surface area (Å²) in [6.45, 7) is 6.56. The average Bonchev–Trinajstić information content (AvgIpc) is 2.29. The number of nitrogens with two attached hydrogens (primary N) is 1. The number of carboxylic acids is 1. The zero-order valence-electron chi connectivity index (χ0n) is 12.3. The van der Waals surface area contributed by atoms with Gasteiger partial charge >= 0.3 is 5.97 Å². The van der Waals surface area contributed by atoms with Gasteiger partial charge in [0.1, 0.15) is 6.54 Å². The van der Waals surface area contributed by atoms with Crippen LogP contribution in [0.3, 0.4) is 0 Å². The van der Waals surface area contributed by atoms with Crippen LogP contribution in [-0.4, -0.2) is 55.2 Å². The summed E-state index contributed by atoms with van der Waals surface area (Å²) < 4.78 is 4.90. The number of hydrogen-bond acceptors (Lipinski definition) is 4. The highest BCUT2D eigenvalue weighted by Crippen LogP contribution is 2.25. The van der Waals surface area contributed by atoms with Crippen LogP contribution in [0.15, 0.2) is 0 Å². The van der Waals surface area contributed by atoms with Crippen molar-refractivity contribution in [3.05, 3.63) is 0 Å². The summed E-state index contributed by atoms with van der Waals surface area (Å²) in [6, 6.07) is 0. The Kier molecular flexibility index (Phi) is 7.63. The summed E-state index contributed by atoms with van der Waals surface area (Å²) in [5, 5.41) is 8.85. The van der Waals surface area contributed by atoms with Crippen molar-refractivity contribution < 1.29 is 19.4 Å². The third kappa shape index (κ3) is 7.79. The van der Waals surface area contributed by atoms with Crippen LogP contribution >= 0.6 is 0 Å². The first-order valence-corrected chi connectivity index (χ1v) is 6.41.